The van der Waals surface area contributed by atoms with Crippen molar-refractivity contribution < 1.29 is 4.74 Å². The molecule has 2 fully saturated rings. The molecule has 2 saturated heterocycles. The molecule has 0 amide bonds. The van der Waals surface area contributed by atoms with Gasteiger partial charge in [0.2, 0.25) is 11.9 Å². The summed E-state index contributed by atoms with van der Waals surface area (Å²) < 4.78 is 9.12. The lowest BCUT2D eigenvalue weighted by Crippen LogP contribution is -2.44. The molecule has 2 N–H and O–H groups in total. The standard InChI is InChI=1S/C22H29N7O2/c1-26-20(30)18-19(24-21(26)27-10-12-31-13-11-27)25-22(28-9-5-8-17(23)15-28)29(18)14-16-6-3-2-4-7-16/h2-4,6-7,17H,5,8-15,23H2,1H3. The number of rotatable bonds is 4. The Hall–Kier alpha value is -2.91. The number of nitrogens with zero attached hydrogens (tertiary/aromatic N) is 6. The molecule has 0 radical (unpaired) electrons. The highest BCUT2D eigenvalue weighted by Crippen LogP contribution is 2.25. The molecule has 0 saturated carbocycles. The highest BCUT2D eigenvalue weighted by molar-refractivity contribution is 5.76. The number of benzene rings is 1. The molecule has 0 aliphatic carbocycles. The van der Waals surface area contributed by atoms with Gasteiger partial charge in [0, 0.05) is 39.3 Å². The van der Waals surface area contributed by atoms with Gasteiger partial charge < -0.3 is 20.3 Å². The quantitative estimate of drug-likeness (QED) is 0.667. The highest BCUT2D eigenvalue weighted by atomic mass is 16.5. The fourth-order valence-corrected chi connectivity index (χ4v) is 4.53. The number of anilines is 2. The summed E-state index contributed by atoms with van der Waals surface area (Å²) in [6.07, 6.45) is 2.02. The van der Waals surface area contributed by atoms with Crippen LogP contribution in [0, 0.1) is 0 Å². The van der Waals surface area contributed by atoms with Crippen molar-refractivity contribution in [3.63, 3.8) is 0 Å². The average Bonchev–Trinajstić information content (AvgIpc) is 3.16. The number of hydrogen-bond acceptors (Lipinski definition) is 7. The molecule has 0 bridgehead atoms. The Bertz CT molecular complexity index is 1120. The van der Waals surface area contributed by atoms with Gasteiger partial charge in [-0.3, -0.25) is 13.9 Å². The summed E-state index contributed by atoms with van der Waals surface area (Å²) in [5.74, 6) is 1.42. The highest BCUT2D eigenvalue weighted by Gasteiger charge is 2.27. The number of nitrogens with two attached hydrogens (primary N) is 1. The van der Waals surface area contributed by atoms with Crippen LogP contribution in [-0.4, -0.2) is 64.5 Å². The molecule has 2 aromatic heterocycles. The van der Waals surface area contributed by atoms with Gasteiger partial charge in [-0.1, -0.05) is 30.3 Å². The van der Waals surface area contributed by atoms with Gasteiger partial charge in [-0.15, -0.1) is 0 Å². The zero-order valence-electron chi connectivity index (χ0n) is 17.9. The van der Waals surface area contributed by atoms with Gasteiger partial charge in [-0.2, -0.15) is 9.97 Å². The van der Waals surface area contributed by atoms with Gasteiger partial charge in [-0.05, 0) is 18.4 Å². The van der Waals surface area contributed by atoms with Gasteiger partial charge in [0.15, 0.2) is 11.2 Å². The molecule has 9 heteroatoms. The first-order valence-corrected chi connectivity index (χ1v) is 11.0. The largest absolute Gasteiger partial charge is 0.378 e. The Balaban J connectivity index is 1.66. The molecule has 1 unspecified atom stereocenters. The van der Waals surface area contributed by atoms with E-state index in [1.807, 2.05) is 22.8 Å². The van der Waals surface area contributed by atoms with E-state index in [9.17, 15) is 4.79 Å². The minimum Gasteiger partial charge on any atom is -0.378 e. The van der Waals surface area contributed by atoms with Crippen molar-refractivity contribution in [1.82, 2.24) is 19.1 Å². The van der Waals surface area contributed by atoms with E-state index >= 15 is 0 Å². The second-order valence-electron chi connectivity index (χ2n) is 8.38. The first kappa shape index (κ1) is 20.0. The predicted octanol–water partition coefficient (Wildman–Crippen LogP) is 0.942. The number of imidazole rings is 1. The van der Waals surface area contributed by atoms with E-state index in [-0.39, 0.29) is 11.6 Å². The fraction of sp³-hybridized carbons (Fsp3) is 0.500. The SMILES string of the molecule is Cn1c(N2CCOCC2)nc2nc(N3CCCC(N)C3)n(Cc3ccccc3)c2c1=O. The number of ether oxygens (including phenoxy) is 1. The van der Waals surface area contributed by atoms with E-state index < -0.39 is 0 Å². The molecule has 1 aromatic carbocycles. The maximum Gasteiger partial charge on any atom is 0.281 e. The summed E-state index contributed by atoms with van der Waals surface area (Å²) >= 11 is 0. The Morgan fingerprint density at radius 2 is 1.81 bits per heavy atom. The zero-order chi connectivity index (χ0) is 21.4. The van der Waals surface area contributed by atoms with Crippen molar-refractivity contribution in [2.45, 2.75) is 25.4 Å². The van der Waals surface area contributed by atoms with Crippen LogP contribution in [0.4, 0.5) is 11.9 Å². The normalized spacial score (nSPS) is 19.9. The molecule has 5 rings (SSSR count). The minimum absolute atomic E-state index is 0.0810. The molecule has 0 spiro atoms. The smallest absolute Gasteiger partial charge is 0.281 e. The maximum atomic E-state index is 13.5. The van der Waals surface area contributed by atoms with E-state index in [0.717, 1.165) is 37.4 Å². The zero-order valence-corrected chi connectivity index (χ0v) is 17.9. The summed E-state index contributed by atoms with van der Waals surface area (Å²) in [7, 11) is 1.79. The number of piperidine rings is 1. The van der Waals surface area contributed by atoms with Crippen LogP contribution in [0.2, 0.25) is 0 Å². The molecule has 2 aliphatic heterocycles. The first-order chi connectivity index (χ1) is 15.1. The van der Waals surface area contributed by atoms with Crippen LogP contribution >= 0.6 is 0 Å². The predicted molar refractivity (Wildman–Crippen MR) is 121 cm³/mol. The third-order valence-corrected chi connectivity index (χ3v) is 6.16. The number of fused-ring (bicyclic) bond motifs is 1. The van der Waals surface area contributed by atoms with Gasteiger partial charge in [-0.25, -0.2) is 0 Å². The van der Waals surface area contributed by atoms with E-state index in [4.69, 9.17) is 20.4 Å². The average molecular weight is 424 g/mol. The summed E-state index contributed by atoms with van der Waals surface area (Å²) in [5, 5.41) is 0. The molecular formula is C22H29N7O2. The Morgan fingerprint density at radius 1 is 1.06 bits per heavy atom. The lowest BCUT2D eigenvalue weighted by Gasteiger charge is -2.31. The van der Waals surface area contributed by atoms with Crippen LogP contribution in [0.15, 0.2) is 35.1 Å². The number of hydrogen-bond donors (Lipinski definition) is 1. The minimum atomic E-state index is -0.0810. The summed E-state index contributed by atoms with van der Waals surface area (Å²) in [6.45, 7) is 4.86. The Morgan fingerprint density at radius 3 is 2.55 bits per heavy atom. The van der Waals surface area contributed by atoms with Gasteiger partial charge in [0.1, 0.15) is 0 Å². The lowest BCUT2D eigenvalue weighted by atomic mass is 10.1. The monoisotopic (exact) mass is 423 g/mol. The molecule has 9 nitrogen and oxygen atoms in total. The summed E-state index contributed by atoms with van der Waals surface area (Å²) in [4.78, 5) is 27.5. The molecular weight excluding hydrogens is 394 g/mol. The van der Waals surface area contributed by atoms with E-state index in [2.05, 4.69) is 21.9 Å². The van der Waals surface area contributed by atoms with Crippen LogP contribution in [0.3, 0.4) is 0 Å². The van der Waals surface area contributed by atoms with Crippen molar-refractivity contribution in [2.75, 3.05) is 49.2 Å². The van der Waals surface area contributed by atoms with Gasteiger partial charge in [0.05, 0.1) is 19.8 Å². The van der Waals surface area contributed by atoms with Crippen molar-refractivity contribution in [2.24, 2.45) is 12.8 Å². The Labute approximate surface area is 181 Å². The topological polar surface area (TPSA) is 94.4 Å². The fourth-order valence-electron chi connectivity index (χ4n) is 4.53. The molecule has 31 heavy (non-hydrogen) atoms. The lowest BCUT2D eigenvalue weighted by molar-refractivity contribution is 0.121. The van der Waals surface area contributed by atoms with Crippen molar-refractivity contribution >= 4 is 23.1 Å². The van der Waals surface area contributed by atoms with Crippen molar-refractivity contribution in [3.05, 3.63) is 46.2 Å². The number of morpholine rings is 1. The first-order valence-electron chi connectivity index (χ1n) is 11.0. The second-order valence-corrected chi connectivity index (χ2v) is 8.38. The number of aromatic nitrogens is 4. The third kappa shape index (κ3) is 3.79. The van der Waals surface area contributed by atoms with Crippen LogP contribution in [-0.2, 0) is 18.3 Å². The summed E-state index contributed by atoms with van der Waals surface area (Å²) in [6, 6.07) is 10.3. The van der Waals surface area contributed by atoms with Crippen LogP contribution in [0.1, 0.15) is 18.4 Å². The van der Waals surface area contributed by atoms with Crippen molar-refractivity contribution in [3.8, 4) is 0 Å². The van der Waals surface area contributed by atoms with Crippen molar-refractivity contribution in [1.29, 1.82) is 0 Å². The molecule has 1 atom stereocenters. The second kappa shape index (κ2) is 8.32. The Kier molecular flexibility index (Phi) is 5.37. The third-order valence-electron chi connectivity index (χ3n) is 6.16. The van der Waals surface area contributed by atoms with E-state index in [0.29, 0.717) is 50.0 Å². The van der Waals surface area contributed by atoms with Crippen LogP contribution in [0.5, 0.6) is 0 Å². The van der Waals surface area contributed by atoms with Gasteiger partial charge >= 0.3 is 0 Å². The van der Waals surface area contributed by atoms with Crippen LogP contribution < -0.4 is 21.1 Å². The molecule has 2 aliphatic rings. The van der Waals surface area contributed by atoms with E-state index in [1.165, 1.54) is 0 Å². The molecule has 3 aromatic rings. The molecule has 164 valence electrons. The van der Waals surface area contributed by atoms with E-state index in [1.54, 1.807) is 11.6 Å². The molecule has 4 heterocycles. The van der Waals surface area contributed by atoms with Crippen LogP contribution in [0.25, 0.3) is 11.2 Å². The maximum absolute atomic E-state index is 13.5. The summed E-state index contributed by atoms with van der Waals surface area (Å²) in [5.41, 5.74) is 8.32. The van der Waals surface area contributed by atoms with Gasteiger partial charge in [0.25, 0.3) is 5.56 Å².